The normalized spacial score (nSPS) is 17.5. The molecule has 0 saturated carbocycles. The van der Waals surface area contributed by atoms with Gasteiger partial charge in [-0.25, -0.2) is 4.39 Å². The van der Waals surface area contributed by atoms with Gasteiger partial charge in [-0.2, -0.15) is 0 Å². The number of benzene rings is 1. The molecule has 1 aliphatic rings. The molecule has 1 unspecified atom stereocenters. The van der Waals surface area contributed by atoms with Gasteiger partial charge in [0.2, 0.25) is 0 Å². The highest BCUT2D eigenvalue weighted by Crippen LogP contribution is 2.21. The number of nitrogens with zero attached hydrogens (tertiary/aromatic N) is 2. The van der Waals surface area contributed by atoms with Crippen LogP contribution in [0.15, 0.2) is 29.3 Å². The van der Waals surface area contributed by atoms with Crippen LogP contribution in [0.5, 0.6) is 0 Å². The molecule has 0 aliphatic carbocycles. The zero-order valence-electron chi connectivity index (χ0n) is 14.7. The summed E-state index contributed by atoms with van der Waals surface area (Å²) in [5.74, 6) is 0.605. The van der Waals surface area contributed by atoms with Gasteiger partial charge < -0.3 is 15.4 Å². The number of ether oxygens (including phenoxy) is 1. The second-order valence-electron chi connectivity index (χ2n) is 5.95. The summed E-state index contributed by atoms with van der Waals surface area (Å²) < 4.78 is 18.7. The van der Waals surface area contributed by atoms with Crippen molar-refractivity contribution in [3.05, 3.63) is 35.6 Å². The van der Waals surface area contributed by atoms with Gasteiger partial charge in [0.25, 0.3) is 0 Å². The lowest BCUT2D eigenvalue weighted by Gasteiger charge is -2.35. The number of guanidine groups is 1. The van der Waals surface area contributed by atoms with Crippen molar-refractivity contribution >= 4 is 5.96 Å². The molecule has 0 bridgehead atoms. The van der Waals surface area contributed by atoms with Gasteiger partial charge in [0.05, 0.1) is 19.3 Å². The van der Waals surface area contributed by atoms with E-state index in [1.54, 1.807) is 7.05 Å². The number of morpholine rings is 1. The van der Waals surface area contributed by atoms with Gasteiger partial charge >= 0.3 is 0 Å². The molecular formula is C18H29FN4O. The average molecular weight is 336 g/mol. The van der Waals surface area contributed by atoms with Crippen molar-refractivity contribution < 1.29 is 9.13 Å². The standard InChI is InChI=1S/C18H29FN4O/c1-3-4-9-21-18(20-2)22-14-17(23-10-12-24-13-11-23)15-5-7-16(19)8-6-15/h5-8,17H,3-4,9-14H2,1-2H3,(H2,20,21,22). The lowest BCUT2D eigenvalue weighted by Crippen LogP contribution is -2.46. The highest BCUT2D eigenvalue weighted by Gasteiger charge is 2.22. The van der Waals surface area contributed by atoms with Gasteiger partial charge in [0.1, 0.15) is 5.82 Å². The highest BCUT2D eigenvalue weighted by atomic mass is 19.1. The summed E-state index contributed by atoms with van der Waals surface area (Å²) in [5.41, 5.74) is 1.11. The Balaban J connectivity index is 2.01. The first-order valence-corrected chi connectivity index (χ1v) is 8.76. The first-order valence-electron chi connectivity index (χ1n) is 8.76. The van der Waals surface area contributed by atoms with E-state index >= 15 is 0 Å². The zero-order chi connectivity index (χ0) is 17.2. The summed E-state index contributed by atoms with van der Waals surface area (Å²) in [4.78, 5) is 6.65. The van der Waals surface area contributed by atoms with E-state index in [0.717, 1.165) is 63.8 Å². The molecule has 0 radical (unpaired) electrons. The minimum Gasteiger partial charge on any atom is -0.379 e. The van der Waals surface area contributed by atoms with Crippen molar-refractivity contribution in [3.63, 3.8) is 0 Å². The Morgan fingerprint density at radius 1 is 1.25 bits per heavy atom. The van der Waals surface area contributed by atoms with Crippen LogP contribution in [0.3, 0.4) is 0 Å². The highest BCUT2D eigenvalue weighted by molar-refractivity contribution is 5.79. The predicted molar refractivity (Wildman–Crippen MR) is 95.8 cm³/mol. The van der Waals surface area contributed by atoms with Gasteiger partial charge in [0, 0.05) is 33.2 Å². The Hall–Kier alpha value is -1.66. The molecule has 0 spiro atoms. The van der Waals surface area contributed by atoms with Crippen LogP contribution in [-0.2, 0) is 4.74 Å². The van der Waals surface area contributed by atoms with Crippen LogP contribution in [-0.4, -0.2) is 57.3 Å². The Labute approximate surface area is 144 Å². The molecule has 1 saturated heterocycles. The number of aliphatic imine (C=N–C) groups is 1. The monoisotopic (exact) mass is 336 g/mol. The van der Waals surface area contributed by atoms with E-state index in [1.807, 2.05) is 12.1 Å². The molecule has 1 heterocycles. The van der Waals surface area contributed by atoms with Crippen LogP contribution in [0.1, 0.15) is 31.4 Å². The Morgan fingerprint density at radius 2 is 1.96 bits per heavy atom. The molecule has 134 valence electrons. The minimum atomic E-state index is -0.204. The number of hydrogen-bond acceptors (Lipinski definition) is 3. The molecule has 2 rings (SSSR count). The summed E-state index contributed by atoms with van der Waals surface area (Å²) >= 11 is 0. The van der Waals surface area contributed by atoms with Crippen molar-refractivity contribution in [1.82, 2.24) is 15.5 Å². The maximum Gasteiger partial charge on any atom is 0.191 e. The van der Waals surface area contributed by atoms with Gasteiger partial charge in [-0.05, 0) is 24.1 Å². The summed E-state index contributed by atoms with van der Waals surface area (Å²) in [6.45, 7) is 7.03. The largest absolute Gasteiger partial charge is 0.379 e. The van der Waals surface area contributed by atoms with Crippen molar-refractivity contribution in [3.8, 4) is 0 Å². The van der Waals surface area contributed by atoms with Gasteiger partial charge in [0.15, 0.2) is 5.96 Å². The molecule has 1 atom stereocenters. The first-order chi connectivity index (χ1) is 11.7. The molecule has 1 fully saturated rings. The van der Waals surface area contributed by atoms with Crippen molar-refractivity contribution in [2.24, 2.45) is 4.99 Å². The third kappa shape index (κ3) is 5.76. The van der Waals surface area contributed by atoms with E-state index in [-0.39, 0.29) is 11.9 Å². The fraction of sp³-hybridized carbons (Fsp3) is 0.611. The molecular weight excluding hydrogens is 307 g/mol. The molecule has 2 N–H and O–H groups in total. The molecule has 5 nitrogen and oxygen atoms in total. The number of hydrogen-bond donors (Lipinski definition) is 2. The average Bonchev–Trinajstić information content (AvgIpc) is 2.63. The number of nitrogens with one attached hydrogen (secondary N) is 2. The smallest absolute Gasteiger partial charge is 0.191 e. The Kier molecular flexibility index (Phi) is 7.98. The maximum absolute atomic E-state index is 13.3. The second kappa shape index (κ2) is 10.3. The first kappa shape index (κ1) is 18.7. The van der Waals surface area contributed by atoms with Crippen LogP contribution in [0.2, 0.25) is 0 Å². The quantitative estimate of drug-likeness (QED) is 0.455. The summed E-state index contributed by atoms with van der Waals surface area (Å²) in [5, 5.41) is 6.73. The lowest BCUT2D eigenvalue weighted by atomic mass is 10.0. The molecule has 6 heteroatoms. The van der Waals surface area contributed by atoms with Crippen LogP contribution >= 0.6 is 0 Å². The summed E-state index contributed by atoms with van der Waals surface area (Å²) in [7, 11) is 1.78. The van der Waals surface area contributed by atoms with E-state index in [0.29, 0.717) is 0 Å². The molecule has 0 amide bonds. The van der Waals surface area contributed by atoms with Crippen LogP contribution < -0.4 is 10.6 Å². The topological polar surface area (TPSA) is 48.9 Å². The van der Waals surface area contributed by atoms with Gasteiger partial charge in [-0.3, -0.25) is 9.89 Å². The van der Waals surface area contributed by atoms with Gasteiger partial charge in [-0.15, -0.1) is 0 Å². The second-order valence-corrected chi connectivity index (χ2v) is 5.95. The van der Waals surface area contributed by atoms with E-state index < -0.39 is 0 Å². The Morgan fingerprint density at radius 3 is 2.58 bits per heavy atom. The van der Waals surface area contributed by atoms with Crippen molar-refractivity contribution in [2.45, 2.75) is 25.8 Å². The van der Waals surface area contributed by atoms with E-state index in [1.165, 1.54) is 12.1 Å². The predicted octanol–water partition coefficient (Wildman–Crippen LogP) is 2.16. The molecule has 1 aromatic rings. The number of halogens is 1. The Bertz CT molecular complexity index is 500. The third-order valence-electron chi connectivity index (χ3n) is 4.25. The molecule has 0 aromatic heterocycles. The fourth-order valence-corrected chi connectivity index (χ4v) is 2.83. The maximum atomic E-state index is 13.3. The molecule has 1 aliphatic heterocycles. The fourth-order valence-electron chi connectivity index (χ4n) is 2.83. The van der Waals surface area contributed by atoms with Gasteiger partial charge in [-0.1, -0.05) is 25.5 Å². The van der Waals surface area contributed by atoms with Crippen molar-refractivity contribution in [2.75, 3.05) is 46.4 Å². The van der Waals surface area contributed by atoms with E-state index in [2.05, 4.69) is 27.4 Å². The minimum absolute atomic E-state index is 0.166. The zero-order valence-corrected chi connectivity index (χ0v) is 14.7. The van der Waals surface area contributed by atoms with E-state index in [4.69, 9.17) is 4.74 Å². The van der Waals surface area contributed by atoms with Crippen LogP contribution in [0.25, 0.3) is 0 Å². The van der Waals surface area contributed by atoms with Crippen LogP contribution in [0.4, 0.5) is 4.39 Å². The number of rotatable bonds is 7. The molecule has 24 heavy (non-hydrogen) atoms. The molecule has 1 aromatic carbocycles. The summed E-state index contributed by atoms with van der Waals surface area (Å²) in [6, 6.07) is 6.95. The third-order valence-corrected chi connectivity index (χ3v) is 4.25. The van der Waals surface area contributed by atoms with Crippen molar-refractivity contribution in [1.29, 1.82) is 0 Å². The SMILES string of the molecule is CCCCNC(=NC)NCC(c1ccc(F)cc1)N1CCOCC1. The van der Waals surface area contributed by atoms with E-state index in [9.17, 15) is 4.39 Å². The van der Waals surface area contributed by atoms with Crippen LogP contribution in [0, 0.1) is 5.82 Å². The lowest BCUT2D eigenvalue weighted by molar-refractivity contribution is 0.0170. The summed E-state index contributed by atoms with van der Waals surface area (Å²) in [6.07, 6.45) is 2.27. The number of unbranched alkanes of at least 4 members (excludes halogenated alkanes) is 1.